The second-order valence-electron chi connectivity index (χ2n) is 8.82. The Hall–Kier alpha value is -4.24. The van der Waals surface area contributed by atoms with Crippen LogP contribution in [0.2, 0.25) is 10.0 Å². The molecule has 0 aliphatic heterocycles. The van der Waals surface area contributed by atoms with Crippen molar-refractivity contribution in [2.24, 2.45) is 0 Å². The highest BCUT2D eigenvalue weighted by Crippen LogP contribution is 2.25. The van der Waals surface area contributed by atoms with Gasteiger partial charge in [-0.3, -0.25) is 14.4 Å². The third kappa shape index (κ3) is 9.14. The fourth-order valence-corrected chi connectivity index (χ4v) is 5.01. The molecule has 4 rings (SSSR count). The van der Waals surface area contributed by atoms with Gasteiger partial charge in [-0.05, 0) is 73.7 Å². The van der Waals surface area contributed by atoms with Gasteiger partial charge in [-0.15, -0.1) is 11.8 Å². The summed E-state index contributed by atoms with van der Waals surface area (Å²) in [5.74, 6) is -0.398. The topological polar surface area (TPSA) is 96.5 Å². The maximum Gasteiger partial charge on any atom is 0.272 e. The molecule has 214 valence electrons. The standard InChI is InChI=1S/C32H27Cl2N3O4S/c1-2-41-29-11-7-6-10-22(29)16-28(37-31(39)21-8-4-3-5-9-21)32(40)36-25-12-14-27(15-13-25)42-20-30(38)35-26-18-23(33)17-24(34)19-26/h3-19H,2,20H2,1H3,(H,35,38)(H,36,40)(H,37,39)/b28-16-. The summed E-state index contributed by atoms with van der Waals surface area (Å²) in [5.41, 5.74) is 2.14. The Bertz CT molecular complexity index is 1580. The van der Waals surface area contributed by atoms with E-state index in [1.54, 1.807) is 84.9 Å². The summed E-state index contributed by atoms with van der Waals surface area (Å²) in [6, 6.07) is 27.7. The van der Waals surface area contributed by atoms with Gasteiger partial charge in [-0.1, -0.05) is 59.6 Å². The van der Waals surface area contributed by atoms with Gasteiger partial charge in [0.25, 0.3) is 11.8 Å². The summed E-state index contributed by atoms with van der Waals surface area (Å²) >= 11 is 13.3. The zero-order chi connectivity index (χ0) is 29.9. The number of amides is 3. The predicted molar refractivity (Wildman–Crippen MR) is 170 cm³/mol. The van der Waals surface area contributed by atoms with Crippen LogP contribution in [0.25, 0.3) is 6.08 Å². The zero-order valence-corrected chi connectivity index (χ0v) is 24.9. The van der Waals surface area contributed by atoms with E-state index in [4.69, 9.17) is 27.9 Å². The fraction of sp³-hybridized carbons (Fsp3) is 0.0938. The first-order valence-electron chi connectivity index (χ1n) is 12.9. The van der Waals surface area contributed by atoms with E-state index in [0.29, 0.717) is 44.9 Å². The van der Waals surface area contributed by atoms with Crippen molar-refractivity contribution >= 4 is 70.1 Å². The maximum absolute atomic E-state index is 13.4. The minimum Gasteiger partial charge on any atom is -0.493 e. The van der Waals surface area contributed by atoms with Crippen LogP contribution in [0.3, 0.4) is 0 Å². The lowest BCUT2D eigenvalue weighted by Gasteiger charge is -2.13. The van der Waals surface area contributed by atoms with Gasteiger partial charge < -0.3 is 20.7 Å². The molecular weight excluding hydrogens is 593 g/mol. The van der Waals surface area contributed by atoms with E-state index in [1.165, 1.54) is 11.8 Å². The van der Waals surface area contributed by atoms with Gasteiger partial charge >= 0.3 is 0 Å². The van der Waals surface area contributed by atoms with Gasteiger partial charge in [0, 0.05) is 37.4 Å². The quantitative estimate of drug-likeness (QED) is 0.119. The molecule has 0 aromatic heterocycles. The summed E-state index contributed by atoms with van der Waals surface area (Å²) in [7, 11) is 0. The molecule has 3 amide bonds. The normalized spacial score (nSPS) is 11.0. The van der Waals surface area contributed by atoms with Crippen molar-refractivity contribution in [1.82, 2.24) is 5.32 Å². The molecule has 0 saturated carbocycles. The Balaban J connectivity index is 1.44. The Morgan fingerprint density at radius 3 is 2.17 bits per heavy atom. The number of benzene rings is 4. The first kappa shape index (κ1) is 30.7. The molecule has 0 aliphatic rings. The van der Waals surface area contributed by atoms with Crippen LogP contribution in [0.15, 0.2) is 108 Å². The molecule has 0 heterocycles. The van der Waals surface area contributed by atoms with Gasteiger partial charge in [0.2, 0.25) is 5.91 Å². The smallest absolute Gasteiger partial charge is 0.272 e. The van der Waals surface area contributed by atoms with Gasteiger partial charge in [0.05, 0.1) is 12.4 Å². The SMILES string of the molecule is CCOc1ccccc1/C=C(\NC(=O)c1ccccc1)C(=O)Nc1ccc(SCC(=O)Nc2cc(Cl)cc(Cl)c2)cc1. The van der Waals surface area contributed by atoms with E-state index in [9.17, 15) is 14.4 Å². The first-order valence-corrected chi connectivity index (χ1v) is 14.6. The molecule has 0 fully saturated rings. The summed E-state index contributed by atoms with van der Waals surface area (Å²) in [5, 5.41) is 9.19. The van der Waals surface area contributed by atoms with E-state index >= 15 is 0 Å². The second-order valence-corrected chi connectivity index (χ2v) is 10.7. The predicted octanol–water partition coefficient (Wildman–Crippen LogP) is 7.53. The Labute approximate surface area is 258 Å². The highest BCUT2D eigenvalue weighted by molar-refractivity contribution is 8.00. The number of carbonyl (C=O) groups is 3. The molecule has 0 spiro atoms. The first-order chi connectivity index (χ1) is 20.3. The number of halogens is 2. The fourth-order valence-electron chi connectivity index (χ4n) is 3.79. The van der Waals surface area contributed by atoms with Gasteiger partial charge in [-0.2, -0.15) is 0 Å². The summed E-state index contributed by atoms with van der Waals surface area (Å²) < 4.78 is 5.69. The van der Waals surface area contributed by atoms with Crippen molar-refractivity contribution in [3.05, 3.63) is 124 Å². The molecule has 3 N–H and O–H groups in total. The number of ether oxygens (including phenoxy) is 1. The summed E-state index contributed by atoms with van der Waals surface area (Å²) in [6.07, 6.45) is 1.58. The van der Waals surface area contributed by atoms with Gasteiger partial charge in [0.1, 0.15) is 11.4 Å². The molecule has 0 unspecified atom stereocenters. The third-order valence-electron chi connectivity index (χ3n) is 5.68. The van der Waals surface area contributed by atoms with Crippen LogP contribution in [0.1, 0.15) is 22.8 Å². The molecular formula is C32H27Cl2N3O4S. The van der Waals surface area contributed by atoms with Crippen LogP contribution in [0, 0.1) is 0 Å². The number of carbonyl (C=O) groups excluding carboxylic acids is 3. The van der Waals surface area contributed by atoms with E-state index in [2.05, 4.69) is 16.0 Å². The van der Waals surface area contributed by atoms with E-state index in [1.807, 2.05) is 25.1 Å². The molecule has 0 aliphatic carbocycles. The van der Waals surface area contributed by atoms with E-state index in [0.717, 1.165) is 4.90 Å². The lowest BCUT2D eigenvalue weighted by molar-refractivity contribution is -0.114. The number of thioether (sulfide) groups is 1. The van der Waals surface area contributed by atoms with Crippen LogP contribution < -0.4 is 20.7 Å². The van der Waals surface area contributed by atoms with Crippen molar-refractivity contribution in [3.8, 4) is 5.75 Å². The second kappa shape index (κ2) is 15.1. The number of nitrogens with one attached hydrogen (secondary N) is 3. The molecule has 0 atom stereocenters. The Kier molecular flexibility index (Phi) is 11.1. The van der Waals surface area contributed by atoms with Crippen molar-refractivity contribution in [1.29, 1.82) is 0 Å². The number of para-hydroxylation sites is 1. The van der Waals surface area contributed by atoms with E-state index in [-0.39, 0.29) is 17.4 Å². The van der Waals surface area contributed by atoms with Crippen molar-refractivity contribution in [2.75, 3.05) is 23.0 Å². The third-order valence-corrected chi connectivity index (χ3v) is 7.12. The van der Waals surface area contributed by atoms with Crippen LogP contribution in [0.4, 0.5) is 11.4 Å². The number of rotatable bonds is 11. The summed E-state index contributed by atoms with van der Waals surface area (Å²) in [4.78, 5) is 39.5. The minimum atomic E-state index is -0.509. The highest BCUT2D eigenvalue weighted by atomic mass is 35.5. The van der Waals surface area contributed by atoms with Crippen molar-refractivity contribution in [3.63, 3.8) is 0 Å². The lowest BCUT2D eigenvalue weighted by Crippen LogP contribution is -2.30. The van der Waals surface area contributed by atoms with Gasteiger partial charge in [0.15, 0.2) is 0 Å². The average molecular weight is 621 g/mol. The van der Waals surface area contributed by atoms with Gasteiger partial charge in [-0.25, -0.2) is 0 Å². The van der Waals surface area contributed by atoms with Crippen LogP contribution in [-0.2, 0) is 9.59 Å². The van der Waals surface area contributed by atoms with Crippen LogP contribution >= 0.6 is 35.0 Å². The molecule has 4 aromatic carbocycles. The molecule has 0 radical (unpaired) electrons. The number of anilines is 2. The number of hydrogen-bond acceptors (Lipinski definition) is 5. The van der Waals surface area contributed by atoms with Crippen molar-refractivity contribution < 1.29 is 19.1 Å². The highest BCUT2D eigenvalue weighted by Gasteiger charge is 2.16. The Morgan fingerprint density at radius 1 is 0.810 bits per heavy atom. The monoisotopic (exact) mass is 619 g/mol. The molecule has 4 aromatic rings. The molecule has 0 bridgehead atoms. The maximum atomic E-state index is 13.4. The summed E-state index contributed by atoms with van der Waals surface area (Å²) in [6.45, 7) is 2.32. The largest absolute Gasteiger partial charge is 0.493 e. The van der Waals surface area contributed by atoms with Crippen molar-refractivity contribution in [2.45, 2.75) is 11.8 Å². The molecule has 7 nitrogen and oxygen atoms in total. The average Bonchev–Trinajstić information content (AvgIpc) is 2.97. The van der Waals surface area contributed by atoms with Crippen LogP contribution in [-0.4, -0.2) is 30.1 Å². The zero-order valence-electron chi connectivity index (χ0n) is 22.5. The Morgan fingerprint density at radius 2 is 1.48 bits per heavy atom. The van der Waals surface area contributed by atoms with E-state index < -0.39 is 11.8 Å². The molecule has 10 heteroatoms. The lowest BCUT2D eigenvalue weighted by atomic mass is 10.1. The molecule has 0 saturated heterocycles. The molecule has 42 heavy (non-hydrogen) atoms. The number of hydrogen-bond donors (Lipinski definition) is 3. The minimum absolute atomic E-state index is 0.0484. The van der Waals surface area contributed by atoms with Crippen LogP contribution in [0.5, 0.6) is 5.75 Å².